The normalized spacial score (nSPS) is 9.55. The molecule has 11 heavy (non-hydrogen) atoms. The Kier molecular flexibility index (Phi) is 2.26. The van der Waals surface area contributed by atoms with E-state index in [1.807, 2.05) is 19.1 Å². The standard InChI is InChI=1S/C9H11NO/c1-7-3-4-9(11)8(5-7)6-10-2/h3-5,11H,2,6H2,1H3. The summed E-state index contributed by atoms with van der Waals surface area (Å²) in [7, 11) is 0. The van der Waals surface area contributed by atoms with Crippen LogP contribution in [0.2, 0.25) is 0 Å². The fourth-order valence-electron chi connectivity index (χ4n) is 0.961. The number of hydrogen-bond donors (Lipinski definition) is 1. The maximum atomic E-state index is 9.28. The first kappa shape index (κ1) is 7.79. The lowest BCUT2D eigenvalue weighted by Gasteiger charge is -2.01. The Morgan fingerprint density at radius 2 is 2.27 bits per heavy atom. The molecule has 0 unspecified atom stereocenters. The SMILES string of the molecule is C=NCc1cc(C)ccc1O. The lowest BCUT2D eigenvalue weighted by Crippen LogP contribution is -1.83. The Morgan fingerprint density at radius 1 is 1.55 bits per heavy atom. The van der Waals surface area contributed by atoms with Gasteiger partial charge >= 0.3 is 0 Å². The van der Waals surface area contributed by atoms with Crippen LogP contribution in [-0.2, 0) is 6.54 Å². The monoisotopic (exact) mass is 149 g/mol. The van der Waals surface area contributed by atoms with E-state index in [2.05, 4.69) is 11.7 Å². The van der Waals surface area contributed by atoms with Gasteiger partial charge in [-0.05, 0) is 19.7 Å². The zero-order chi connectivity index (χ0) is 8.27. The van der Waals surface area contributed by atoms with Crippen molar-refractivity contribution in [3.63, 3.8) is 0 Å². The van der Waals surface area contributed by atoms with E-state index in [1.54, 1.807) is 6.07 Å². The summed E-state index contributed by atoms with van der Waals surface area (Å²) in [5.74, 6) is 0.294. The van der Waals surface area contributed by atoms with E-state index in [-0.39, 0.29) is 0 Å². The molecule has 0 heterocycles. The first-order valence-electron chi connectivity index (χ1n) is 3.45. The molecule has 0 saturated heterocycles. The number of hydrogen-bond acceptors (Lipinski definition) is 2. The number of aromatic hydroxyl groups is 1. The van der Waals surface area contributed by atoms with Gasteiger partial charge in [0.05, 0.1) is 6.54 Å². The van der Waals surface area contributed by atoms with Crippen LogP contribution >= 0.6 is 0 Å². The minimum Gasteiger partial charge on any atom is -0.508 e. The van der Waals surface area contributed by atoms with E-state index in [4.69, 9.17) is 0 Å². The summed E-state index contributed by atoms with van der Waals surface area (Å²) < 4.78 is 0. The van der Waals surface area contributed by atoms with Gasteiger partial charge in [0, 0.05) is 5.56 Å². The van der Waals surface area contributed by atoms with Crippen molar-refractivity contribution >= 4 is 6.72 Å². The van der Waals surface area contributed by atoms with Crippen LogP contribution in [0, 0.1) is 6.92 Å². The largest absolute Gasteiger partial charge is 0.508 e. The Hall–Kier alpha value is -1.31. The summed E-state index contributed by atoms with van der Waals surface area (Å²) in [5, 5.41) is 9.28. The highest BCUT2D eigenvalue weighted by Crippen LogP contribution is 2.18. The third-order valence-electron chi connectivity index (χ3n) is 1.52. The minimum absolute atomic E-state index is 0.294. The van der Waals surface area contributed by atoms with Crippen LogP contribution in [-0.4, -0.2) is 11.8 Å². The molecule has 0 aliphatic heterocycles. The number of aryl methyl sites for hydroxylation is 1. The second-order valence-corrected chi connectivity index (χ2v) is 2.51. The summed E-state index contributed by atoms with van der Waals surface area (Å²) in [6.45, 7) is 5.82. The minimum atomic E-state index is 0.294. The first-order valence-corrected chi connectivity index (χ1v) is 3.45. The van der Waals surface area contributed by atoms with Gasteiger partial charge in [-0.25, -0.2) is 0 Å². The van der Waals surface area contributed by atoms with Crippen LogP contribution in [0.4, 0.5) is 0 Å². The van der Waals surface area contributed by atoms with Crippen molar-refractivity contribution < 1.29 is 5.11 Å². The lowest BCUT2D eigenvalue weighted by atomic mass is 10.1. The van der Waals surface area contributed by atoms with Crippen molar-refractivity contribution in [1.29, 1.82) is 0 Å². The smallest absolute Gasteiger partial charge is 0.120 e. The van der Waals surface area contributed by atoms with Crippen molar-refractivity contribution in [3.8, 4) is 5.75 Å². The second kappa shape index (κ2) is 3.19. The number of aliphatic imine (C=N–C) groups is 1. The Labute approximate surface area is 66.2 Å². The molecule has 0 aliphatic carbocycles. The molecule has 1 rings (SSSR count). The van der Waals surface area contributed by atoms with Crippen LogP contribution < -0.4 is 0 Å². The van der Waals surface area contributed by atoms with Gasteiger partial charge < -0.3 is 5.11 Å². The quantitative estimate of drug-likeness (QED) is 0.640. The van der Waals surface area contributed by atoms with E-state index in [0.29, 0.717) is 12.3 Å². The third-order valence-corrected chi connectivity index (χ3v) is 1.52. The van der Waals surface area contributed by atoms with E-state index in [9.17, 15) is 5.11 Å². The average molecular weight is 149 g/mol. The van der Waals surface area contributed by atoms with Crippen molar-refractivity contribution in [2.75, 3.05) is 0 Å². The molecule has 1 aromatic carbocycles. The molecule has 0 amide bonds. The van der Waals surface area contributed by atoms with Gasteiger partial charge in [-0.3, -0.25) is 4.99 Å². The molecule has 1 N–H and O–H groups in total. The van der Waals surface area contributed by atoms with E-state index >= 15 is 0 Å². The molecule has 0 fully saturated rings. The van der Waals surface area contributed by atoms with Crippen LogP contribution in [0.5, 0.6) is 5.75 Å². The molecular formula is C9H11NO. The molecule has 0 atom stereocenters. The maximum absolute atomic E-state index is 9.28. The summed E-state index contributed by atoms with van der Waals surface area (Å²) in [6, 6.07) is 5.45. The highest BCUT2D eigenvalue weighted by Gasteiger charge is 1.97. The van der Waals surface area contributed by atoms with Gasteiger partial charge in [-0.2, -0.15) is 0 Å². The third kappa shape index (κ3) is 1.80. The highest BCUT2D eigenvalue weighted by atomic mass is 16.3. The van der Waals surface area contributed by atoms with Gasteiger partial charge in [-0.15, -0.1) is 0 Å². The van der Waals surface area contributed by atoms with Gasteiger partial charge in [-0.1, -0.05) is 17.7 Å². The van der Waals surface area contributed by atoms with E-state index < -0.39 is 0 Å². The summed E-state index contributed by atoms with van der Waals surface area (Å²) >= 11 is 0. The van der Waals surface area contributed by atoms with Crippen molar-refractivity contribution in [1.82, 2.24) is 0 Å². The number of benzene rings is 1. The van der Waals surface area contributed by atoms with Crippen LogP contribution in [0.3, 0.4) is 0 Å². The fraction of sp³-hybridized carbons (Fsp3) is 0.222. The van der Waals surface area contributed by atoms with Gasteiger partial charge in [0.1, 0.15) is 5.75 Å². The lowest BCUT2D eigenvalue weighted by molar-refractivity contribution is 0.468. The molecule has 0 radical (unpaired) electrons. The van der Waals surface area contributed by atoms with E-state index in [1.165, 1.54) is 0 Å². The number of phenols is 1. The predicted octanol–water partition coefficient (Wildman–Crippen LogP) is 1.90. The molecule has 1 aromatic rings. The number of nitrogens with zero attached hydrogens (tertiary/aromatic N) is 1. The molecule has 0 bridgehead atoms. The topological polar surface area (TPSA) is 32.6 Å². The fourth-order valence-corrected chi connectivity index (χ4v) is 0.961. The second-order valence-electron chi connectivity index (χ2n) is 2.51. The highest BCUT2D eigenvalue weighted by molar-refractivity contribution is 5.36. The Morgan fingerprint density at radius 3 is 2.91 bits per heavy atom. The van der Waals surface area contributed by atoms with Crippen molar-refractivity contribution in [2.45, 2.75) is 13.5 Å². The average Bonchev–Trinajstić information content (AvgIpc) is 1.98. The summed E-state index contributed by atoms with van der Waals surface area (Å²) in [5.41, 5.74) is 1.96. The number of phenolic OH excluding ortho intramolecular Hbond substituents is 1. The van der Waals surface area contributed by atoms with Crippen LogP contribution in [0.15, 0.2) is 23.2 Å². The van der Waals surface area contributed by atoms with Crippen molar-refractivity contribution in [2.24, 2.45) is 4.99 Å². The number of rotatable bonds is 2. The predicted molar refractivity (Wildman–Crippen MR) is 46.1 cm³/mol. The molecule has 2 heteroatoms. The molecule has 0 saturated carbocycles. The Balaban J connectivity index is 3.01. The molecule has 2 nitrogen and oxygen atoms in total. The summed E-state index contributed by atoms with van der Waals surface area (Å²) in [4.78, 5) is 3.70. The molecule has 58 valence electrons. The molecule has 0 spiro atoms. The van der Waals surface area contributed by atoms with Gasteiger partial charge in [0.15, 0.2) is 0 Å². The summed E-state index contributed by atoms with van der Waals surface area (Å²) in [6.07, 6.45) is 0. The Bertz CT molecular complexity index is 268. The molecular weight excluding hydrogens is 138 g/mol. The van der Waals surface area contributed by atoms with Crippen LogP contribution in [0.1, 0.15) is 11.1 Å². The van der Waals surface area contributed by atoms with Crippen LogP contribution in [0.25, 0.3) is 0 Å². The van der Waals surface area contributed by atoms with Crippen molar-refractivity contribution in [3.05, 3.63) is 29.3 Å². The first-order chi connectivity index (χ1) is 5.24. The van der Waals surface area contributed by atoms with Gasteiger partial charge in [0.25, 0.3) is 0 Å². The molecule has 0 aromatic heterocycles. The van der Waals surface area contributed by atoms with E-state index in [0.717, 1.165) is 11.1 Å². The zero-order valence-electron chi connectivity index (χ0n) is 6.54. The van der Waals surface area contributed by atoms with Gasteiger partial charge in [0.2, 0.25) is 0 Å². The molecule has 0 aliphatic rings. The maximum Gasteiger partial charge on any atom is 0.120 e. The zero-order valence-corrected chi connectivity index (χ0v) is 6.54.